The van der Waals surface area contributed by atoms with Gasteiger partial charge in [-0.3, -0.25) is 0 Å². The van der Waals surface area contributed by atoms with Crippen molar-refractivity contribution in [3.8, 4) is 0 Å². The summed E-state index contributed by atoms with van der Waals surface area (Å²) in [6.45, 7) is 0. The summed E-state index contributed by atoms with van der Waals surface area (Å²) in [5, 5.41) is 0.254. The van der Waals surface area contributed by atoms with Gasteiger partial charge in [0.25, 0.3) is 0 Å². The highest BCUT2D eigenvalue weighted by atomic mass is 35.5. The molecular formula is C8H6ClN3O. The number of halogens is 1. The van der Waals surface area contributed by atoms with Crippen molar-refractivity contribution < 1.29 is 4.42 Å². The maximum Gasteiger partial charge on any atom is 0.222 e. The van der Waals surface area contributed by atoms with Gasteiger partial charge in [-0.05, 0) is 17.2 Å². The van der Waals surface area contributed by atoms with Gasteiger partial charge in [-0.2, -0.15) is 0 Å². The number of aromatic nitrogens is 3. The highest BCUT2D eigenvalue weighted by Gasteiger charge is 1.99. The normalized spacial score (nSPS) is 10.2. The topological polar surface area (TPSA) is 51.8 Å². The first-order chi connectivity index (χ1) is 6.34. The second-order valence-corrected chi connectivity index (χ2v) is 2.85. The van der Waals surface area contributed by atoms with Gasteiger partial charge in [-0.15, -0.1) is 0 Å². The molecule has 2 aromatic rings. The van der Waals surface area contributed by atoms with Crippen LogP contribution in [0.25, 0.3) is 0 Å². The molecule has 0 aliphatic carbocycles. The maximum absolute atomic E-state index is 5.54. The van der Waals surface area contributed by atoms with E-state index >= 15 is 0 Å². The Bertz CT molecular complexity index is 371. The molecule has 0 saturated heterocycles. The molecule has 2 rings (SSSR count). The lowest BCUT2D eigenvalue weighted by Gasteiger charge is -1.95. The predicted octanol–water partition coefficient (Wildman–Crippen LogP) is 1.71. The molecule has 66 valence electrons. The van der Waals surface area contributed by atoms with Gasteiger partial charge in [-0.25, -0.2) is 15.0 Å². The Hall–Kier alpha value is -1.42. The second-order valence-electron chi connectivity index (χ2n) is 2.52. The van der Waals surface area contributed by atoms with E-state index in [0.29, 0.717) is 6.42 Å². The van der Waals surface area contributed by atoms with E-state index in [1.165, 1.54) is 6.39 Å². The molecule has 4 nitrogen and oxygen atoms in total. The first-order valence-electron chi connectivity index (χ1n) is 3.68. The van der Waals surface area contributed by atoms with E-state index in [4.69, 9.17) is 16.0 Å². The lowest BCUT2D eigenvalue weighted by Crippen LogP contribution is -1.91. The first-order valence-corrected chi connectivity index (χ1v) is 4.06. The summed E-state index contributed by atoms with van der Waals surface area (Å²) in [6, 6.07) is 0. The minimum absolute atomic E-state index is 0.254. The number of hydrogen-bond acceptors (Lipinski definition) is 4. The molecule has 0 unspecified atom stereocenters. The van der Waals surface area contributed by atoms with Crippen LogP contribution in [0.3, 0.4) is 0 Å². The van der Waals surface area contributed by atoms with Gasteiger partial charge >= 0.3 is 0 Å². The van der Waals surface area contributed by atoms with Crippen LogP contribution in [0.2, 0.25) is 5.28 Å². The zero-order valence-electron chi connectivity index (χ0n) is 6.64. The Morgan fingerprint density at radius 3 is 2.62 bits per heavy atom. The Balaban J connectivity index is 2.15. The highest BCUT2D eigenvalue weighted by Crippen LogP contribution is 2.06. The third kappa shape index (κ3) is 2.03. The summed E-state index contributed by atoms with van der Waals surface area (Å²) in [6.07, 6.45) is 6.99. The molecule has 5 heteroatoms. The average molecular weight is 196 g/mol. The molecule has 0 fully saturated rings. The van der Waals surface area contributed by atoms with Gasteiger partial charge < -0.3 is 4.42 Å². The Kier molecular flexibility index (Phi) is 2.23. The summed E-state index contributed by atoms with van der Waals surface area (Å²) < 4.78 is 4.83. The molecule has 0 saturated carbocycles. The summed E-state index contributed by atoms with van der Waals surface area (Å²) >= 11 is 5.54. The number of hydrogen-bond donors (Lipinski definition) is 0. The van der Waals surface area contributed by atoms with Crippen LogP contribution in [0.5, 0.6) is 0 Å². The average Bonchev–Trinajstić information content (AvgIpc) is 2.62. The minimum atomic E-state index is 0.254. The van der Waals surface area contributed by atoms with E-state index in [1.807, 2.05) is 0 Å². The highest BCUT2D eigenvalue weighted by molar-refractivity contribution is 6.28. The minimum Gasteiger partial charge on any atom is -0.451 e. The molecule has 0 amide bonds. The molecule has 2 aromatic heterocycles. The Labute approximate surface area is 79.6 Å². The third-order valence-corrected chi connectivity index (χ3v) is 1.74. The van der Waals surface area contributed by atoms with Crippen molar-refractivity contribution in [1.29, 1.82) is 0 Å². The van der Waals surface area contributed by atoms with Crippen molar-refractivity contribution in [3.05, 3.63) is 41.6 Å². The zero-order valence-corrected chi connectivity index (χ0v) is 7.40. The van der Waals surface area contributed by atoms with Gasteiger partial charge in [0.2, 0.25) is 5.28 Å². The monoisotopic (exact) mass is 195 g/mol. The number of rotatable bonds is 2. The lowest BCUT2D eigenvalue weighted by molar-refractivity contribution is 0.556. The van der Waals surface area contributed by atoms with Gasteiger partial charge in [0, 0.05) is 18.8 Å². The van der Waals surface area contributed by atoms with Crippen LogP contribution in [-0.2, 0) is 6.42 Å². The van der Waals surface area contributed by atoms with Crippen LogP contribution in [0, 0.1) is 0 Å². The predicted molar refractivity (Wildman–Crippen MR) is 46.4 cm³/mol. The second kappa shape index (κ2) is 3.53. The van der Waals surface area contributed by atoms with Gasteiger partial charge in [0.05, 0.1) is 5.69 Å². The Morgan fingerprint density at radius 1 is 1.23 bits per heavy atom. The van der Waals surface area contributed by atoms with Crippen molar-refractivity contribution in [1.82, 2.24) is 15.0 Å². The third-order valence-electron chi connectivity index (χ3n) is 1.54. The van der Waals surface area contributed by atoms with E-state index in [1.54, 1.807) is 18.7 Å². The zero-order chi connectivity index (χ0) is 9.10. The number of nitrogens with zero attached hydrogens (tertiary/aromatic N) is 3. The fourth-order valence-corrected chi connectivity index (χ4v) is 1.06. The molecule has 0 spiro atoms. The van der Waals surface area contributed by atoms with Crippen molar-refractivity contribution >= 4 is 11.6 Å². The summed E-state index contributed by atoms with van der Waals surface area (Å²) in [4.78, 5) is 11.7. The van der Waals surface area contributed by atoms with Gasteiger partial charge in [-0.1, -0.05) is 0 Å². The van der Waals surface area contributed by atoms with Crippen LogP contribution in [0.4, 0.5) is 0 Å². The maximum atomic E-state index is 5.54. The van der Waals surface area contributed by atoms with Gasteiger partial charge in [0.1, 0.15) is 6.26 Å². The summed E-state index contributed by atoms with van der Waals surface area (Å²) in [7, 11) is 0. The first kappa shape index (κ1) is 8.19. The fourth-order valence-electron chi connectivity index (χ4n) is 0.964. The van der Waals surface area contributed by atoms with Crippen molar-refractivity contribution in [2.75, 3.05) is 0 Å². The van der Waals surface area contributed by atoms with Crippen molar-refractivity contribution in [2.45, 2.75) is 6.42 Å². The van der Waals surface area contributed by atoms with Crippen molar-refractivity contribution in [2.24, 2.45) is 0 Å². The summed E-state index contributed by atoms with van der Waals surface area (Å²) in [5.41, 5.74) is 1.81. The lowest BCUT2D eigenvalue weighted by atomic mass is 10.2. The van der Waals surface area contributed by atoms with Crippen LogP contribution >= 0.6 is 11.6 Å². The molecule has 0 N–H and O–H groups in total. The molecule has 0 atom stereocenters. The molecule has 0 bridgehead atoms. The van der Waals surface area contributed by atoms with Crippen molar-refractivity contribution in [3.63, 3.8) is 0 Å². The van der Waals surface area contributed by atoms with Crippen LogP contribution in [-0.4, -0.2) is 15.0 Å². The molecule has 13 heavy (non-hydrogen) atoms. The smallest absolute Gasteiger partial charge is 0.222 e. The molecule has 0 aromatic carbocycles. The van der Waals surface area contributed by atoms with E-state index in [-0.39, 0.29) is 5.28 Å². The standard InChI is InChI=1S/C8H6ClN3O/c9-8-10-2-6(3-11-8)1-7-4-13-5-12-7/h2-5H,1H2. The molecule has 0 aliphatic rings. The molecule has 0 radical (unpaired) electrons. The summed E-state index contributed by atoms with van der Waals surface area (Å²) in [5.74, 6) is 0. The van der Waals surface area contributed by atoms with Crippen LogP contribution in [0.1, 0.15) is 11.3 Å². The van der Waals surface area contributed by atoms with E-state index in [2.05, 4.69) is 15.0 Å². The molecular weight excluding hydrogens is 190 g/mol. The number of oxazole rings is 1. The fraction of sp³-hybridized carbons (Fsp3) is 0.125. The molecule has 2 heterocycles. The molecule has 0 aliphatic heterocycles. The van der Waals surface area contributed by atoms with E-state index < -0.39 is 0 Å². The van der Waals surface area contributed by atoms with Crippen LogP contribution < -0.4 is 0 Å². The van der Waals surface area contributed by atoms with E-state index in [0.717, 1.165) is 11.3 Å². The SMILES string of the molecule is Clc1ncc(Cc2cocn2)cn1. The Morgan fingerprint density at radius 2 is 2.00 bits per heavy atom. The van der Waals surface area contributed by atoms with E-state index in [9.17, 15) is 0 Å². The van der Waals surface area contributed by atoms with Crippen LogP contribution in [0.15, 0.2) is 29.5 Å². The quantitative estimate of drug-likeness (QED) is 0.685. The van der Waals surface area contributed by atoms with Gasteiger partial charge in [0.15, 0.2) is 6.39 Å². The largest absolute Gasteiger partial charge is 0.451 e.